The Morgan fingerprint density at radius 2 is 1.88 bits per heavy atom. The molecule has 0 saturated heterocycles. The van der Waals surface area contributed by atoms with E-state index in [0.717, 1.165) is 19.3 Å². The van der Waals surface area contributed by atoms with E-state index in [0.29, 0.717) is 12.5 Å². The van der Waals surface area contributed by atoms with Crippen LogP contribution in [0.1, 0.15) is 44.9 Å². The molecule has 0 aromatic heterocycles. The summed E-state index contributed by atoms with van der Waals surface area (Å²) in [6.45, 7) is 0.421. The van der Waals surface area contributed by atoms with Gasteiger partial charge in [-0.1, -0.05) is 25.7 Å². The van der Waals surface area contributed by atoms with Crippen LogP contribution in [-0.2, 0) is 4.79 Å². The zero-order valence-electron chi connectivity index (χ0n) is 10.3. The van der Waals surface area contributed by atoms with Crippen LogP contribution in [0.4, 0.5) is 0 Å². The second-order valence-electron chi connectivity index (χ2n) is 5.60. The fraction of sp³-hybridized carbons (Fsp3) is 0.923. The molecule has 4 heteroatoms. The molecule has 0 aliphatic heterocycles. The third-order valence-electron chi connectivity index (χ3n) is 4.01. The smallest absolute Gasteiger partial charge is 0.320 e. The number of carboxylic acid groups (broad SMARTS) is 1. The summed E-state index contributed by atoms with van der Waals surface area (Å²) in [4.78, 5) is 11.0. The Hall–Kier alpha value is -0.610. The molecule has 0 aromatic rings. The van der Waals surface area contributed by atoms with Crippen LogP contribution in [-0.4, -0.2) is 34.9 Å². The number of hydrogen-bond donors (Lipinski definition) is 3. The second-order valence-corrected chi connectivity index (χ2v) is 5.60. The molecule has 0 bridgehead atoms. The van der Waals surface area contributed by atoms with E-state index in [-0.39, 0.29) is 5.92 Å². The first kappa shape index (κ1) is 12.8. The molecule has 2 fully saturated rings. The molecular formula is C13H23NO3. The van der Waals surface area contributed by atoms with E-state index in [1.807, 2.05) is 0 Å². The van der Waals surface area contributed by atoms with E-state index in [1.54, 1.807) is 0 Å². The molecule has 2 atom stereocenters. The highest BCUT2D eigenvalue weighted by atomic mass is 16.4. The Bertz CT molecular complexity index is 259. The molecule has 2 rings (SSSR count). The summed E-state index contributed by atoms with van der Waals surface area (Å²) in [6, 6.07) is -0.451. The number of nitrogens with one attached hydrogen (secondary N) is 1. The van der Waals surface area contributed by atoms with Crippen molar-refractivity contribution in [2.45, 2.75) is 57.1 Å². The molecule has 0 radical (unpaired) electrons. The quantitative estimate of drug-likeness (QED) is 0.630. The van der Waals surface area contributed by atoms with Gasteiger partial charge in [-0.05, 0) is 31.1 Å². The number of aliphatic carboxylic acids is 1. The Morgan fingerprint density at radius 3 is 2.41 bits per heavy atom. The predicted octanol–water partition coefficient (Wildman–Crippen LogP) is 1.38. The highest BCUT2D eigenvalue weighted by Crippen LogP contribution is 2.33. The molecule has 17 heavy (non-hydrogen) atoms. The van der Waals surface area contributed by atoms with Gasteiger partial charge in [0.25, 0.3) is 0 Å². The van der Waals surface area contributed by atoms with Crippen molar-refractivity contribution in [3.63, 3.8) is 0 Å². The molecular weight excluding hydrogens is 218 g/mol. The fourth-order valence-electron chi connectivity index (χ4n) is 2.86. The largest absolute Gasteiger partial charge is 0.480 e. The molecule has 0 spiro atoms. The minimum atomic E-state index is -0.777. The Morgan fingerprint density at radius 1 is 1.24 bits per heavy atom. The van der Waals surface area contributed by atoms with Gasteiger partial charge in [-0.25, -0.2) is 0 Å². The van der Waals surface area contributed by atoms with Crippen LogP contribution in [0.5, 0.6) is 0 Å². The number of carboxylic acids is 1. The molecule has 0 aromatic carbocycles. The fourth-order valence-corrected chi connectivity index (χ4v) is 2.86. The van der Waals surface area contributed by atoms with Crippen molar-refractivity contribution in [3.8, 4) is 0 Å². The highest BCUT2D eigenvalue weighted by Gasteiger charge is 2.36. The minimum absolute atomic E-state index is 0.284. The maximum Gasteiger partial charge on any atom is 0.320 e. The van der Waals surface area contributed by atoms with E-state index < -0.39 is 18.1 Å². The second kappa shape index (κ2) is 5.83. The summed E-state index contributed by atoms with van der Waals surface area (Å²) in [7, 11) is 0. The number of aliphatic hydroxyl groups is 1. The predicted molar refractivity (Wildman–Crippen MR) is 64.7 cm³/mol. The van der Waals surface area contributed by atoms with Gasteiger partial charge in [0.15, 0.2) is 0 Å². The van der Waals surface area contributed by atoms with Gasteiger partial charge in [0.05, 0.1) is 6.10 Å². The summed E-state index contributed by atoms with van der Waals surface area (Å²) in [5, 5.41) is 21.9. The normalized spacial score (nSPS) is 24.8. The third kappa shape index (κ3) is 3.96. The van der Waals surface area contributed by atoms with Crippen molar-refractivity contribution < 1.29 is 15.0 Å². The van der Waals surface area contributed by atoms with Gasteiger partial charge in [0.2, 0.25) is 0 Å². The van der Waals surface area contributed by atoms with Gasteiger partial charge in [-0.3, -0.25) is 4.79 Å². The van der Waals surface area contributed by atoms with Gasteiger partial charge in [-0.2, -0.15) is 0 Å². The summed E-state index contributed by atoms with van der Waals surface area (Å²) < 4.78 is 0. The van der Waals surface area contributed by atoms with Crippen LogP contribution in [0, 0.1) is 11.8 Å². The van der Waals surface area contributed by atoms with Crippen molar-refractivity contribution in [2.75, 3.05) is 6.54 Å². The lowest BCUT2D eigenvalue weighted by molar-refractivity contribution is -0.140. The average Bonchev–Trinajstić information content (AvgIpc) is 2.96. The first-order valence-corrected chi connectivity index (χ1v) is 6.81. The molecule has 0 heterocycles. The van der Waals surface area contributed by atoms with Crippen LogP contribution in [0.25, 0.3) is 0 Å². The summed E-state index contributed by atoms with van der Waals surface area (Å²) in [6.07, 6.45) is 7.45. The Kier molecular flexibility index (Phi) is 4.40. The van der Waals surface area contributed by atoms with Crippen LogP contribution < -0.4 is 5.32 Å². The van der Waals surface area contributed by atoms with Gasteiger partial charge in [0, 0.05) is 6.54 Å². The third-order valence-corrected chi connectivity index (χ3v) is 4.01. The van der Waals surface area contributed by atoms with Gasteiger partial charge < -0.3 is 15.5 Å². The summed E-state index contributed by atoms with van der Waals surface area (Å²) in [5.74, 6) is 0.155. The summed E-state index contributed by atoms with van der Waals surface area (Å²) >= 11 is 0. The molecule has 2 unspecified atom stereocenters. The van der Waals surface area contributed by atoms with E-state index in [2.05, 4.69) is 5.32 Å². The zero-order valence-corrected chi connectivity index (χ0v) is 10.3. The molecule has 2 aliphatic rings. The first-order chi connectivity index (χ1) is 8.16. The monoisotopic (exact) mass is 241 g/mol. The van der Waals surface area contributed by atoms with Crippen molar-refractivity contribution in [3.05, 3.63) is 0 Å². The van der Waals surface area contributed by atoms with E-state index in [1.165, 1.54) is 25.7 Å². The lowest BCUT2D eigenvalue weighted by Crippen LogP contribution is -2.42. The minimum Gasteiger partial charge on any atom is -0.480 e. The standard InChI is InChI=1S/C13H23NO3/c15-11(7-9-3-1-2-4-9)8-14-12(13(16)17)10-5-6-10/h9-12,14-15H,1-8H2,(H,16,17). The number of hydrogen-bond acceptors (Lipinski definition) is 3. The highest BCUT2D eigenvalue weighted by molar-refractivity contribution is 5.74. The molecule has 2 aliphatic carbocycles. The van der Waals surface area contributed by atoms with Gasteiger partial charge in [-0.15, -0.1) is 0 Å². The van der Waals surface area contributed by atoms with Crippen LogP contribution in [0.2, 0.25) is 0 Å². The Labute approximate surface area is 102 Å². The van der Waals surface area contributed by atoms with Crippen molar-refractivity contribution >= 4 is 5.97 Å². The molecule has 2 saturated carbocycles. The maximum atomic E-state index is 11.0. The van der Waals surface area contributed by atoms with Gasteiger partial charge in [0.1, 0.15) is 6.04 Å². The Balaban J connectivity index is 1.66. The molecule has 98 valence electrons. The van der Waals surface area contributed by atoms with E-state index in [9.17, 15) is 9.90 Å². The van der Waals surface area contributed by atoms with E-state index in [4.69, 9.17) is 5.11 Å². The zero-order chi connectivity index (χ0) is 12.3. The van der Waals surface area contributed by atoms with Crippen molar-refractivity contribution in [2.24, 2.45) is 11.8 Å². The van der Waals surface area contributed by atoms with Crippen molar-refractivity contribution in [1.82, 2.24) is 5.32 Å². The maximum absolute atomic E-state index is 11.0. The molecule has 3 N–H and O–H groups in total. The van der Waals surface area contributed by atoms with E-state index >= 15 is 0 Å². The molecule has 4 nitrogen and oxygen atoms in total. The number of aliphatic hydroxyl groups excluding tert-OH is 1. The lowest BCUT2D eigenvalue weighted by atomic mass is 10.00. The first-order valence-electron chi connectivity index (χ1n) is 6.81. The SMILES string of the molecule is O=C(O)C(NCC(O)CC1CCCC1)C1CC1. The van der Waals surface area contributed by atoms with Crippen LogP contribution in [0.15, 0.2) is 0 Å². The van der Waals surface area contributed by atoms with Crippen LogP contribution >= 0.6 is 0 Å². The van der Waals surface area contributed by atoms with Crippen LogP contribution in [0.3, 0.4) is 0 Å². The summed E-state index contributed by atoms with van der Waals surface area (Å²) in [5.41, 5.74) is 0. The number of carbonyl (C=O) groups is 1. The average molecular weight is 241 g/mol. The van der Waals surface area contributed by atoms with Crippen molar-refractivity contribution in [1.29, 1.82) is 0 Å². The number of rotatable bonds is 7. The topological polar surface area (TPSA) is 69.6 Å². The lowest BCUT2D eigenvalue weighted by Gasteiger charge is -2.19. The van der Waals surface area contributed by atoms with Gasteiger partial charge >= 0.3 is 5.97 Å². The molecule has 0 amide bonds.